The van der Waals surface area contributed by atoms with Crippen LogP contribution >= 0.6 is 7.80 Å². The van der Waals surface area contributed by atoms with Gasteiger partial charge in [0.2, 0.25) is 0 Å². The van der Waals surface area contributed by atoms with Crippen molar-refractivity contribution in [1.82, 2.24) is 0 Å². The zero-order valence-corrected chi connectivity index (χ0v) is 9.92. The molecule has 0 spiro atoms. The average Bonchev–Trinajstić information content (AvgIpc) is 1.99. The molecule has 13 heavy (non-hydrogen) atoms. The fourth-order valence-corrected chi connectivity index (χ4v) is 2.72. The molecular weight excluding hydrogens is 185 g/mol. The van der Waals surface area contributed by atoms with E-state index in [0.717, 1.165) is 17.2 Å². The highest BCUT2D eigenvalue weighted by atomic mass is 31.1. The van der Waals surface area contributed by atoms with Gasteiger partial charge in [-0.15, -0.1) is 0 Å². The Morgan fingerprint density at radius 2 is 2.00 bits per heavy atom. The van der Waals surface area contributed by atoms with Crippen molar-refractivity contribution in [3.63, 3.8) is 0 Å². The first-order chi connectivity index (χ1) is 5.87. The third kappa shape index (κ3) is 7.24. The first-order valence-electron chi connectivity index (χ1n) is 4.64. The number of hydrogen-bond donors (Lipinski definition) is 1. The third-order valence-corrected chi connectivity index (χ3v) is 3.88. The quantitative estimate of drug-likeness (QED) is 0.517. The Bertz CT molecular complexity index is 165. The highest BCUT2D eigenvalue weighted by Gasteiger charge is 2.14. The Balaban J connectivity index is 3.74. The van der Waals surface area contributed by atoms with Crippen molar-refractivity contribution >= 4 is 7.80 Å². The zero-order valence-electron chi connectivity index (χ0n) is 8.92. The monoisotopic (exact) mass is 207 g/mol. The average molecular weight is 207 g/mol. The van der Waals surface area contributed by atoms with Gasteiger partial charge in [0, 0.05) is 18.4 Å². The van der Waals surface area contributed by atoms with Gasteiger partial charge in [-0.1, -0.05) is 0 Å². The van der Waals surface area contributed by atoms with Crippen LogP contribution in [0.2, 0.25) is 0 Å². The minimum atomic E-state index is -1.60. The van der Waals surface area contributed by atoms with Crippen molar-refractivity contribution < 1.29 is 14.2 Å². The standard InChI is InChI=1S/C9H22NO2P/c1-9(5-7-11)13(12)8-6-10(2,3)4/h9,11,13H,1,5-8H2,2-4H3/q+1. The minimum Gasteiger partial charge on any atom is -0.396 e. The molecule has 0 aromatic rings. The van der Waals surface area contributed by atoms with E-state index in [1.54, 1.807) is 0 Å². The summed E-state index contributed by atoms with van der Waals surface area (Å²) in [5.74, 6) is 0. The van der Waals surface area contributed by atoms with Crippen molar-refractivity contribution in [2.24, 2.45) is 0 Å². The number of hydrogen-bond acceptors (Lipinski definition) is 2. The molecule has 1 N–H and O–H groups in total. The predicted octanol–water partition coefficient (Wildman–Crippen LogP) is 0.837. The molecule has 0 saturated heterocycles. The zero-order chi connectivity index (χ0) is 10.5. The molecule has 1 radical (unpaired) electrons. The van der Waals surface area contributed by atoms with Crippen molar-refractivity contribution in [3.8, 4) is 0 Å². The van der Waals surface area contributed by atoms with E-state index < -0.39 is 7.80 Å². The molecule has 0 aromatic heterocycles. The van der Waals surface area contributed by atoms with Gasteiger partial charge in [-0.05, 0) is 13.3 Å². The van der Waals surface area contributed by atoms with E-state index in [4.69, 9.17) is 5.11 Å². The Morgan fingerprint density at radius 1 is 1.46 bits per heavy atom. The molecule has 2 unspecified atom stereocenters. The van der Waals surface area contributed by atoms with Crippen LogP contribution in [0.15, 0.2) is 0 Å². The van der Waals surface area contributed by atoms with Crippen LogP contribution in [0.3, 0.4) is 0 Å². The van der Waals surface area contributed by atoms with Crippen LogP contribution in [0, 0.1) is 6.92 Å². The molecule has 0 amide bonds. The Morgan fingerprint density at radius 3 is 2.38 bits per heavy atom. The highest BCUT2D eigenvalue weighted by molar-refractivity contribution is 7.45. The van der Waals surface area contributed by atoms with Gasteiger partial charge in [-0.3, -0.25) is 0 Å². The molecule has 0 aliphatic heterocycles. The van der Waals surface area contributed by atoms with E-state index >= 15 is 0 Å². The normalized spacial score (nSPS) is 17.0. The maximum absolute atomic E-state index is 11.6. The van der Waals surface area contributed by atoms with Crippen LogP contribution in [0.4, 0.5) is 0 Å². The van der Waals surface area contributed by atoms with Crippen molar-refractivity contribution in [2.45, 2.75) is 12.1 Å². The van der Waals surface area contributed by atoms with Crippen molar-refractivity contribution in [2.75, 3.05) is 40.5 Å². The molecule has 0 saturated carbocycles. The molecule has 0 aromatic carbocycles. The van der Waals surface area contributed by atoms with Crippen LogP contribution in [-0.2, 0) is 4.57 Å². The molecule has 0 heterocycles. The van der Waals surface area contributed by atoms with Gasteiger partial charge < -0.3 is 14.2 Å². The fraction of sp³-hybridized carbons (Fsp3) is 0.889. The number of aliphatic hydroxyl groups is 1. The lowest BCUT2D eigenvalue weighted by atomic mass is 10.3. The summed E-state index contributed by atoms with van der Waals surface area (Å²) in [7, 11) is 4.65. The summed E-state index contributed by atoms with van der Waals surface area (Å²) in [5.41, 5.74) is -0.0541. The van der Waals surface area contributed by atoms with Crippen LogP contribution < -0.4 is 0 Å². The molecule has 0 aliphatic rings. The summed E-state index contributed by atoms with van der Waals surface area (Å²) in [4.78, 5) is 0. The van der Waals surface area contributed by atoms with E-state index in [1.165, 1.54) is 0 Å². The van der Waals surface area contributed by atoms with Crippen LogP contribution in [0.25, 0.3) is 0 Å². The Hall–Kier alpha value is 0.150. The van der Waals surface area contributed by atoms with Gasteiger partial charge in [0.05, 0.1) is 35.5 Å². The SMILES string of the molecule is [CH2]C(CCO)[PH](=O)CC[N+](C)(C)C. The van der Waals surface area contributed by atoms with Gasteiger partial charge in [0.1, 0.15) is 0 Å². The Kier molecular flexibility index (Phi) is 5.86. The topological polar surface area (TPSA) is 37.3 Å². The largest absolute Gasteiger partial charge is 0.396 e. The molecule has 79 valence electrons. The maximum Gasteiger partial charge on any atom is 0.0847 e. The van der Waals surface area contributed by atoms with E-state index in [1.807, 2.05) is 0 Å². The van der Waals surface area contributed by atoms with E-state index in [2.05, 4.69) is 28.1 Å². The maximum atomic E-state index is 11.6. The van der Waals surface area contributed by atoms with Gasteiger partial charge in [-0.2, -0.15) is 0 Å². The highest BCUT2D eigenvalue weighted by Crippen LogP contribution is 2.29. The number of rotatable bonds is 6. The van der Waals surface area contributed by atoms with Gasteiger partial charge in [-0.25, -0.2) is 0 Å². The van der Waals surface area contributed by atoms with Crippen LogP contribution in [0.5, 0.6) is 0 Å². The summed E-state index contributed by atoms with van der Waals surface area (Å²) < 4.78 is 12.4. The second kappa shape index (κ2) is 5.79. The van der Waals surface area contributed by atoms with E-state index in [9.17, 15) is 4.57 Å². The summed E-state index contributed by atoms with van der Waals surface area (Å²) in [6.07, 6.45) is 1.30. The smallest absolute Gasteiger partial charge is 0.0847 e. The summed E-state index contributed by atoms with van der Waals surface area (Å²) >= 11 is 0. The molecule has 0 rings (SSSR count). The molecule has 3 nitrogen and oxygen atoms in total. The number of aliphatic hydroxyl groups excluding tert-OH is 1. The Labute approximate surface area is 82.1 Å². The molecule has 0 bridgehead atoms. The van der Waals surface area contributed by atoms with Crippen molar-refractivity contribution in [1.29, 1.82) is 0 Å². The summed E-state index contributed by atoms with van der Waals surface area (Å²) in [6.45, 7) is 4.80. The summed E-state index contributed by atoms with van der Waals surface area (Å²) in [5, 5.41) is 8.65. The molecule has 0 fully saturated rings. The van der Waals surface area contributed by atoms with Crippen LogP contribution in [0.1, 0.15) is 6.42 Å². The summed E-state index contributed by atoms with van der Waals surface area (Å²) in [6, 6.07) is 0. The van der Waals surface area contributed by atoms with Crippen LogP contribution in [-0.4, -0.2) is 55.7 Å². The third-order valence-electron chi connectivity index (χ3n) is 1.96. The van der Waals surface area contributed by atoms with E-state index in [0.29, 0.717) is 6.42 Å². The first kappa shape index (κ1) is 13.2. The lowest BCUT2D eigenvalue weighted by Gasteiger charge is -2.24. The number of quaternary nitrogens is 1. The molecular formula is C9H22NO2P+. The van der Waals surface area contributed by atoms with Gasteiger partial charge in [0.15, 0.2) is 0 Å². The van der Waals surface area contributed by atoms with Crippen molar-refractivity contribution in [3.05, 3.63) is 6.92 Å². The number of nitrogens with zero attached hydrogens (tertiary/aromatic N) is 1. The predicted molar refractivity (Wildman–Crippen MR) is 57.6 cm³/mol. The molecule has 4 heteroatoms. The van der Waals surface area contributed by atoms with E-state index in [-0.39, 0.29) is 12.3 Å². The fourth-order valence-electron chi connectivity index (χ4n) is 0.967. The van der Waals surface area contributed by atoms with Gasteiger partial charge in [0.25, 0.3) is 0 Å². The second-order valence-electron chi connectivity index (χ2n) is 4.44. The van der Waals surface area contributed by atoms with Gasteiger partial charge >= 0.3 is 0 Å². The molecule has 0 aliphatic carbocycles. The minimum absolute atomic E-state index is 0.0541. The lowest BCUT2D eigenvalue weighted by Crippen LogP contribution is -2.36. The lowest BCUT2D eigenvalue weighted by molar-refractivity contribution is -0.867. The molecule has 2 atom stereocenters. The first-order valence-corrected chi connectivity index (χ1v) is 6.33. The second-order valence-corrected chi connectivity index (χ2v) is 6.69.